The lowest BCUT2D eigenvalue weighted by Crippen LogP contribution is -2.60. The predicted molar refractivity (Wildman–Crippen MR) is 410 cm³/mol. The largest absolute Gasteiger partial charge is 0.480 e. The molecule has 44 N–H and O–H groups in total. The molecule has 0 spiro atoms. The van der Waals surface area contributed by atoms with Crippen LogP contribution in [0.3, 0.4) is 0 Å². The molecular formula is C63H121N33O14. The molecule has 1 aliphatic rings. The Morgan fingerprint density at radius 3 is 0.864 bits per heavy atom. The Bertz CT molecular complexity index is 3170. The second-order valence-corrected chi connectivity index (χ2v) is 26.0. The monoisotopic (exact) mass is 1560 g/mol. The second kappa shape index (κ2) is 54.2. The van der Waals surface area contributed by atoms with E-state index in [1.165, 1.54) is 0 Å². The number of hydrogen-bond acceptors (Lipinski definition) is 22. The van der Waals surface area contributed by atoms with Crippen LogP contribution in [0.25, 0.3) is 0 Å². The molecule has 11 atom stereocenters. The first-order chi connectivity index (χ1) is 52.0. The molecular weight excluding hydrogens is 1440 g/mol. The van der Waals surface area contributed by atoms with Crippen LogP contribution in [-0.4, -0.2) is 248 Å². The molecule has 1 heterocycles. The quantitative estimate of drug-likeness (QED) is 0.0153. The molecule has 1 saturated heterocycles. The van der Waals surface area contributed by atoms with E-state index in [-0.39, 0.29) is 210 Å². The first-order valence-corrected chi connectivity index (χ1v) is 36.3. The van der Waals surface area contributed by atoms with Crippen LogP contribution in [0.2, 0.25) is 0 Å². The van der Waals surface area contributed by atoms with E-state index in [4.69, 9.17) is 97.5 Å². The summed E-state index contributed by atoms with van der Waals surface area (Å²) >= 11 is 0. The number of nitrogens with two attached hydrogens (primary N) is 17. The minimum absolute atomic E-state index is 0.000845. The Balaban J connectivity index is 3.99. The maximum atomic E-state index is 14.8. The standard InChI is InChI=1S/C63H121N33O14/c64-25-3-1-13-35(87-47(99)34(66)12-5-27-81-58(69)70)48(100)88-36(14-2-4-26-65)49(101)89-37(15-6-28-82-59(71)72)50(102)90-39(17-8-30-84-61(75)76)52(104)93-41(21-23-45(67)97)54(106)92-38(16-7-29-83-60(73)74)51(103)91-40(18-9-31-85-62(77)78)53(105)94-42(19-10-32-86-63(79)80)56(108)96-33-11-20-44(96)55(107)95-43(57(109)110)22-24-46(68)98/h34-44H,1-33,64-66H2,(H2,67,97)(H2,68,98)(H,87,99)(H,88,100)(H,89,101)(H,90,102)(H,91,103)(H,92,106)(H,93,104)(H,94,105)(H,95,107)(H,109,110)(H4,69,70,81)(H4,71,72,82)(H4,73,74,83)(H4,75,76,84)(H4,77,78,85)(H4,79,80,86)/t34-,35-,36-,37-,38-,39-,40-,41-,42-,43-,44-/m0/s1. The Kier molecular flexibility index (Phi) is 47.6. The number of nitrogens with zero attached hydrogens (tertiary/aromatic N) is 7. The summed E-state index contributed by atoms with van der Waals surface area (Å²) in [6.45, 7) is 0.204. The highest BCUT2D eigenvalue weighted by atomic mass is 16.4. The van der Waals surface area contributed by atoms with Gasteiger partial charge in [-0.2, -0.15) is 0 Å². The van der Waals surface area contributed by atoms with Crippen LogP contribution in [0.4, 0.5) is 0 Å². The van der Waals surface area contributed by atoms with Gasteiger partial charge in [0.1, 0.15) is 60.4 Å². The van der Waals surface area contributed by atoms with Crippen LogP contribution in [0.1, 0.15) is 154 Å². The number of aliphatic imine (C=N–C) groups is 6. The number of primary amides is 2. The van der Waals surface area contributed by atoms with Crippen molar-refractivity contribution in [3.8, 4) is 0 Å². The lowest BCUT2D eigenvalue weighted by molar-refractivity contribution is -0.145. The number of carbonyl (C=O) groups is 13. The van der Waals surface area contributed by atoms with Crippen molar-refractivity contribution in [2.75, 3.05) is 58.9 Å². The summed E-state index contributed by atoms with van der Waals surface area (Å²) in [6.07, 6.45) is -0.555. The molecule has 0 aromatic rings. The van der Waals surface area contributed by atoms with Crippen molar-refractivity contribution in [3.63, 3.8) is 0 Å². The van der Waals surface area contributed by atoms with E-state index in [9.17, 15) is 67.4 Å². The summed E-state index contributed by atoms with van der Waals surface area (Å²) in [5.74, 6) is -14.1. The third kappa shape index (κ3) is 42.2. The molecule has 110 heavy (non-hydrogen) atoms. The number of carboxylic acids is 1. The summed E-state index contributed by atoms with van der Waals surface area (Å²) in [5.41, 5.74) is 95.3. The third-order valence-electron chi connectivity index (χ3n) is 16.8. The van der Waals surface area contributed by atoms with Gasteiger partial charge in [0.05, 0.1) is 6.04 Å². The summed E-state index contributed by atoms with van der Waals surface area (Å²) in [7, 11) is 0. The summed E-state index contributed by atoms with van der Waals surface area (Å²) in [4.78, 5) is 205. The molecule has 0 unspecified atom stereocenters. The van der Waals surface area contributed by atoms with Crippen molar-refractivity contribution in [1.29, 1.82) is 0 Å². The zero-order valence-electron chi connectivity index (χ0n) is 62.4. The molecule has 1 fully saturated rings. The summed E-state index contributed by atoms with van der Waals surface area (Å²) in [5, 5.41) is 33.2. The van der Waals surface area contributed by atoms with Gasteiger partial charge in [0, 0.05) is 58.7 Å². The number of amides is 12. The minimum atomic E-state index is -1.75. The van der Waals surface area contributed by atoms with Gasteiger partial charge >= 0.3 is 5.97 Å². The maximum absolute atomic E-state index is 14.8. The fourth-order valence-corrected chi connectivity index (χ4v) is 11.1. The van der Waals surface area contributed by atoms with Gasteiger partial charge in [-0.15, -0.1) is 0 Å². The highest BCUT2D eigenvalue weighted by molar-refractivity contribution is 5.99. The van der Waals surface area contributed by atoms with Crippen molar-refractivity contribution < 1.29 is 67.4 Å². The molecule has 12 amide bonds. The maximum Gasteiger partial charge on any atom is 0.326 e. The molecule has 0 aromatic carbocycles. The fourth-order valence-electron chi connectivity index (χ4n) is 11.1. The van der Waals surface area contributed by atoms with Gasteiger partial charge in [0.25, 0.3) is 0 Å². The zero-order valence-corrected chi connectivity index (χ0v) is 62.4. The van der Waals surface area contributed by atoms with E-state index in [0.29, 0.717) is 25.7 Å². The predicted octanol–water partition coefficient (Wildman–Crippen LogP) is -12.1. The van der Waals surface area contributed by atoms with Crippen molar-refractivity contribution in [3.05, 3.63) is 0 Å². The third-order valence-corrected chi connectivity index (χ3v) is 16.8. The summed E-state index contributed by atoms with van der Waals surface area (Å²) in [6, 6.07) is -16.1. The van der Waals surface area contributed by atoms with Crippen molar-refractivity contribution in [1.82, 2.24) is 52.8 Å². The van der Waals surface area contributed by atoms with Crippen LogP contribution in [0.5, 0.6) is 0 Å². The van der Waals surface area contributed by atoms with Gasteiger partial charge in [0.2, 0.25) is 70.9 Å². The van der Waals surface area contributed by atoms with E-state index in [2.05, 4.69) is 77.8 Å². The van der Waals surface area contributed by atoms with Crippen molar-refractivity contribution >= 4 is 113 Å². The highest BCUT2D eigenvalue weighted by Gasteiger charge is 2.41. The van der Waals surface area contributed by atoms with Crippen molar-refractivity contribution in [2.24, 2.45) is 127 Å². The number of unbranched alkanes of at least 4 members (excludes halogenated alkanes) is 2. The summed E-state index contributed by atoms with van der Waals surface area (Å²) < 4.78 is 0. The molecule has 1 aliphatic heterocycles. The minimum Gasteiger partial charge on any atom is -0.480 e. The number of carbonyl (C=O) groups excluding carboxylic acids is 12. The molecule has 0 saturated carbocycles. The normalized spacial score (nSPS) is 14.9. The number of guanidine groups is 6. The van der Waals surface area contributed by atoms with Crippen LogP contribution >= 0.6 is 0 Å². The van der Waals surface area contributed by atoms with Gasteiger partial charge in [-0.05, 0) is 154 Å². The first kappa shape index (κ1) is 96.6. The lowest BCUT2D eigenvalue weighted by atomic mass is 10.0. The highest BCUT2D eigenvalue weighted by Crippen LogP contribution is 2.21. The SMILES string of the molecule is NCCCC[C@H](NC(=O)[C@H](CCCCN)NC(=O)[C@@H](N)CCCN=C(N)N)C(=O)N[C@@H](CCCN=C(N)N)C(=O)N[C@@H](CCCN=C(N)N)C(=O)N[C@@H](CCC(N)=O)C(=O)N[C@@H](CCCN=C(N)N)C(=O)N[C@@H](CCCN=C(N)N)C(=O)N[C@@H](CCCN=C(N)N)C(=O)N1CCC[C@H]1C(=O)N[C@@H](CCC(N)=O)C(=O)O. The van der Waals surface area contributed by atoms with E-state index in [1.54, 1.807) is 0 Å². The molecule has 0 aliphatic carbocycles. The van der Waals surface area contributed by atoms with Gasteiger partial charge in [-0.3, -0.25) is 87.5 Å². The Morgan fingerprint density at radius 2 is 0.582 bits per heavy atom. The smallest absolute Gasteiger partial charge is 0.326 e. The van der Waals surface area contributed by atoms with Crippen LogP contribution < -0.4 is 145 Å². The molecule has 47 nitrogen and oxygen atoms in total. The van der Waals surface area contributed by atoms with Crippen LogP contribution in [0.15, 0.2) is 30.0 Å². The average Bonchev–Trinajstić information content (AvgIpc) is 1.62. The molecule has 622 valence electrons. The zero-order chi connectivity index (χ0) is 82.8. The van der Waals surface area contributed by atoms with Crippen molar-refractivity contribution in [2.45, 2.75) is 221 Å². The topological polar surface area (TPSA) is 870 Å². The number of rotatable bonds is 58. The van der Waals surface area contributed by atoms with Gasteiger partial charge in [0.15, 0.2) is 35.8 Å². The Morgan fingerprint density at radius 1 is 0.327 bits per heavy atom. The lowest BCUT2D eigenvalue weighted by Gasteiger charge is -2.31. The molecule has 47 heteroatoms. The molecule has 1 rings (SSSR count). The molecule has 0 radical (unpaired) electrons. The van der Waals surface area contributed by atoms with Gasteiger partial charge < -0.3 is 155 Å². The Labute approximate surface area is 637 Å². The van der Waals surface area contributed by atoms with Gasteiger partial charge in [-0.25, -0.2) is 4.79 Å². The Hall–Kier alpha value is -11.4. The fraction of sp³-hybridized carbons (Fsp3) is 0.698. The number of aliphatic carboxylic acids is 1. The number of hydrogen-bond donors (Lipinski definition) is 27. The van der Waals surface area contributed by atoms with E-state index < -0.39 is 156 Å². The average molecular weight is 1560 g/mol. The van der Waals surface area contributed by atoms with Gasteiger partial charge in [-0.1, -0.05) is 0 Å². The number of nitrogens with one attached hydrogen (secondary N) is 9. The van der Waals surface area contributed by atoms with E-state index in [0.717, 1.165) is 4.90 Å². The number of likely N-dealkylation sites (tertiary alicyclic amines) is 1. The van der Waals surface area contributed by atoms with E-state index >= 15 is 0 Å². The van der Waals surface area contributed by atoms with E-state index in [1.807, 2.05) is 0 Å². The van der Waals surface area contributed by atoms with Crippen LogP contribution in [0, 0.1) is 0 Å². The van der Waals surface area contributed by atoms with Crippen LogP contribution in [-0.2, 0) is 62.3 Å². The first-order valence-electron chi connectivity index (χ1n) is 36.3. The molecule has 0 aromatic heterocycles. The molecule has 0 bridgehead atoms. The number of carboxylic acid groups (broad SMARTS) is 1. The second-order valence-electron chi connectivity index (χ2n) is 26.0.